The zero-order valence-electron chi connectivity index (χ0n) is 7.95. The lowest BCUT2D eigenvalue weighted by Gasteiger charge is -2.42. The highest BCUT2D eigenvalue weighted by Crippen LogP contribution is 2.39. The van der Waals surface area contributed by atoms with Crippen molar-refractivity contribution in [1.29, 1.82) is 0 Å². The fraction of sp³-hybridized carbons (Fsp3) is 0.556. The molecule has 14 heavy (non-hydrogen) atoms. The van der Waals surface area contributed by atoms with Gasteiger partial charge in [0.25, 0.3) is 5.91 Å². The van der Waals surface area contributed by atoms with E-state index in [-0.39, 0.29) is 0 Å². The first-order valence-corrected chi connectivity index (χ1v) is 4.78. The second-order valence-electron chi connectivity index (χ2n) is 4.05. The summed E-state index contributed by atoms with van der Waals surface area (Å²) in [5.41, 5.74) is 7.93. The van der Waals surface area contributed by atoms with Crippen molar-refractivity contribution in [1.82, 2.24) is 15.1 Å². The third-order valence-corrected chi connectivity index (χ3v) is 3.19. The Kier molecular flexibility index (Phi) is 1.35. The van der Waals surface area contributed by atoms with Crippen LogP contribution in [0, 0.1) is 0 Å². The maximum atomic E-state index is 11.2. The number of primary amides is 1. The zero-order valence-corrected chi connectivity index (χ0v) is 7.95. The van der Waals surface area contributed by atoms with E-state index in [2.05, 4.69) is 10.4 Å². The second-order valence-corrected chi connectivity index (χ2v) is 4.05. The molecule has 1 fully saturated rings. The van der Waals surface area contributed by atoms with Gasteiger partial charge in [-0.15, -0.1) is 0 Å². The summed E-state index contributed by atoms with van der Waals surface area (Å²) in [5.74, 6) is -0.422. The largest absolute Gasteiger partial charge is 0.364 e. The fourth-order valence-corrected chi connectivity index (χ4v) is 2.49. The van der Waals surface area contributed by atoms with Gasteiger partial charge < -0.3 is 11.1 Å². The fourth-order valence-electron chi connectivity index (χ4n) is 2.49. The molecule has 0 radical (unpaired) electrons. The van der Waals surface area contributed by atoms with Crippen molar-refractivity contribution in [3.63, 3.8) is 0 Å². The van der Waals surface area contributed by atoms with Crippen molar-refractivity contribution in [2.45, 2.75) is 24.9 Å². The Hall–Kier alpha value is -1.36. The molecule has 1 saturated heterocycles. The molecule has 1 amide bonds. The summed E-state index contributed by atoms with van der Waals surface area (Å²) >= 11 is 0. The molecule has 2 atom stereocenters. The monoisotopic (exact) mass is 192 g/mol. The minimum absolute atomic E-state index is 0.306. The van der Waals surface area contributed by atoms with Gasteiger partial charge in [0.2, 0.25) is 0 Å². The van der Waals surface area contributed by atoms with Crippen molar-refractivity contribution in [2.24, 2.45) is 12.8 Å². The lowest BCUT2D eigenvalue weighted by molar-refractivity contribution is 0.0991. The van der Waals surface area contributed by atoms with E-state index in [1.165, 1.54) is 5.69 Å². The number of aromatic nitrogens is 2. The summed E-state index contributed by atoms with van der Waals surface area (Å²) < 4.78 is 1.79. The van der Waals surface area contributed by atoms with Gasteiger partial charge in [0.1, 0.15) is 0 Å². The normalized spacial score (nSPS) is 28.1. The molecule has 3 heterocycles. The summed E-state index contributed by atoms with van der Waals surface area (Å²) in [5, 5.41) is 7.55. The molecule has 1 aromatic rings. The quantitative estimate of drug-likeness (QED) is 0.628. The molecule has 3 aliphatic rings. The van der Waals surface area contributed by atoms with Crippen LogP contribution in [0.5, 0.6) is 0 Å². The van der Waals surface area contributed by atoms with Gasteiger partial charge in [0, 0.05) is 36.8 Å². The minimum atomic E-state index is -0.422. The number of nitrogens with one attached hydrogen (secondary N) is 1. The summed E-state index contributed by atoms with van der Waals surface area (Å²) in [6.07, 6.45) is 2.07. The SMILES string of the molecule is Cn1nc(C(N)=O)c2c1CC1CC2N1. The lowest BCUT2D eigenvalue weighted by atomic mass is 9.80. The van der Waals surface area contributed by atoms with Crippen molar-refractivity contribution in [3.8, 4) is 0 Å². The van der Waals surface area contributed by atoms with E-state index in [0.29, 0.717) is 17.8 Å². The standard InChI is InChI=1S/C9H12N4O/c1-13-6-3-4-2-5(11-4)7(6)8(12-13)9(10)14/h4-5,11H,2-3H2,1H3,(H2,10,14). The molecule has 74 valence electrons. The molecule has 4 rings (SSSR count). The highest BCUT2D eigenvalue weighted by Gasteiger charge is 2.41. The zero-order chi connectivity index (χ0) is 9.87. The molecule has 5 nitrogen and oxygen atoms in total. The van der Waals surface area contributed by atoms with Gasteiger partial charge in [-0.1, -0.05) is 0 Å². The van der Waals surface area contributed by atoms with Crippen LogP contribution < -0.4 is 11.1 Å². The predicted molar refractivity (Wildman–Crippen MR) is 49.7 cm³/mol. The van der Waals surface area contributed by atoms with Crippen LogP contribution in [0.2, 0.25) is 0 Å². The van der Waals surface area contributed by atoms with Gasteiger partial charge in [-0.3, -0.25) is 9.48 Å². The summed E-state index contributed by atoms with van der Waals surface area (Å²) in [4.78, 5) is 11.2. The first kappa shape index (κ1) is 7.99. The van der Waals surface area contributed by atoms with Crippen molar-refractivity contribution in [3.05, 3.63) is 17.0 Å². The number of hydrogen-bond acceptors (Lipinski definition) is 3. The number of nitrogens with two attached hydrogens (primary N) is 1. The Balaban J connectivity index is 2.20. The Labute approximate surface area is 81.3 Å². The Morgan fingerprint density at radius 1 is 1.71 bits per heavy atom. The van der Waals surface area contributed by atoms with Crippen LogP contribution in [0.25, 0.3) is 0 Å². The molecular formula is C9H12N4O. The molecular weight excluding hydrogens is 180 g/mol. The summed E-state index contributed by atoms with van der Waals surface area (Å²) in [7, 11) is 1.87. The highest BCUT2D eigenvalue weighted by atomic mass is 16.1. The number of aryl methyl sites for hydroxylation is 1. The van der Waals surface area contributed by atoms with Crippen LogP contribution in [0.1, 0.15) is 34.2 Å². The lowest BCUT2D eigenvalue weighted by Crippen LogP contribution is -2.51. The molecule has 2 aliphatic heterocycles. The van der Waals surface area contributed by atoms with Gasteiger partial charge in [-0.25, -0.2) is 0 Å². The summed E-state index contributed by atoms with van der Waals surface area (Å²) in [6, 6.07) is 0.878. The molecule has 2 bridgehead atoms. The molecule has 5 heteroatoms. The molecule has 1 aromatic heterocycles. The van der Waals surface area contributed by atoms with Gasteiger partial charge in [-0.2, -0.15) is 5.10 Å². The average molecular weight is 192 g/mol. The number of hydrogen-bond donors (Lipinski definition) is 2. The molecule has 0 saturated carbocycles. The van der Waals surface area contributed by atoms with Gasteiger partial charge in [0.15, 0.2) is 5.69 Å². The molecule has 3 N–H and O–H groups in total. The number of carbonyl (C=O) groups is 1. The summed E-state index contributed by atoms with van der Waals surface area (Å²) in [6.45, 7) is 0. The van der Waals surface area contributed by atoms with Crippen LogP contribution in [0.4, 0.5) is 0 Å². The predicted octanol–water partition coefficient (Wildman–Crippen LogP) is -0.522. The van der Waals surface area contributed by atoms with E-state index in [9.17, 15) is 4.79 Å². The Bertz CT molecular complexity index is 417. The maximum absolute atomic E-state index is 11.2. The first-order valence-electron chi connectivity index (χ1n) is 4.78. The van der Waals surface area contributed by atoms with Crippen LogP contribution in [-0.4, -0.2) is 21.7 Å². The Morgan fingerprint density at radius 3 is 3.07 bits per heavy atom. The van der Waals surface area contributed by atoms with E-state index >= 15 is 0 Å². The van der Waals surface area contributed by atoms with Crippen molar-refractivity contribution >= 4 is 5.91 Å². The van der Waals surface area contributed by atoms with E-state index in [1.54, 1.807) is 4.68 Å². The van der Waals surface area contributed by atoms with Gasteiger partial charge in [0.05, 0.1) is 0 Å². The van der Waals surface area contributed by atoms with Crippen LogP contribution in [0.15, 0.2) is 0 Å². The number of amides is 1. The topological polar surface area (TPSA) is 72.9 Å². The van der Waals surface area contributed by atoms with Crippen LogP contribution in [-0.2, 0) is 13.5 Å². The molecule has 0 spiro atoms. The molecule has 1 aliphatic carbocycles. The van der Waals surface area contributed by atoms with Gasteiger partial charge in [-0.05, 0) is 6.42 Å². The number of rotatable bonds is 1. The third-order valence-electron chi connectivity index (χ3n) is 3.19. The van der Waals surface area contributed by atoms with E-state index < -0.39 is 5.91 Å². The minimum Gasteiger partial charge on any atom is -0.364 e. The third kappa shape index (κ3) is 0.824. The highest BCUT2D eigenvalue weighted by molar-refractivity contribution is 5.93. The molecule has 0 aromatic carbocycles. The van der Waals surface area contributed by atoms with Crippen molar-refractivity contribution < 1.29 is 4.79 Å². The van der Waals surface area contributed by atoms with E-state index in [4.69, 9.17) is 5.73 Å². The van der Waals surface area contributed by atoms with Crippen molar-refractivity contribution in [2.75, 3.05) is 0 Å². The molecule has 2 unspecified atom stereocenters. The first-order chi connectivity index (χ1) is 6.66. The van der Waals surface area contributed by atoms with Crippen LogP contribution in [0.3, 0.4) is 0 Å². The number of nitrogens with zero attached hydrogens (tertiary/aromatic N) is 2. The Morgan fingerprint density at radius 2 is 2.43 bits per heavy atom. The van der Waals surface area contributed by atoms with Crippen LogP contribution >= 0.6 is 0 Å². The van der Waals surface area contributed by atoms with Gasteiger partial charge >= 0.3 is 0 Å². The average Bonchev–Trinajstić information content (AvgIpc) is 2.43. The van der Waals surface area contributed by atoms with E-state index in [1.807, 2.05) is 7.05 Å². The van der Waals surface area contributed by atoms with E-state index in [0.717, 1.165) is 18.4 Å². The second kappa shape index (κ2) is 2.36. The number of carbonyl (C=O) groups excluding carboxylic acids is 1. The smallest absolute Gasteiger partial charge is 0.269 e. The maximum Gasteiger partial charge on any atom is 0.269 e.